The zero-order chi connectivity index (χ0) is 11.9. The predicted octanol–water partition coefficient (Wildman–Crippen LogP) is 0.726. The second-order valence-electron chi connectivity index (χ2n) is 3.36. The van der Waals surface area contributed by atoms with Crippen molar-refractivity contribution in [3.63, 3.8) is 0 Å². The molecule has 17 heavy (non-hydrogen) atoms. The first-order chi connectivity index (χ1) is 7.39. The normalized spacial score (nSPS) is 11.1. The van der Waals surface area contributed by atoms with Gasteiger partial charge in [0.25, 0.3) is 10.1 Å². The molecule has 0 saturated carbocycles. The Hall–Kier alpha value is -0.790. The number of phenols is 1. The first-order valence-electron chi connectivity index (χ1n) is 4.38. The molecule has 0 aliphatic heterocycles. The molecule has 0 atom stereocenters. The summed E-state index contributed by atoms with van der Waals surface area (Å²) < 4.78 is 30.7. The molecule has 2 aromatic carbocycles. The molecule has 0 unspecified atom stereocenters. The first-order valence-corrected chi connectivity index (χ1v) is 5.82. The van der Waals surface area contributed by atoms with Crippen LogP contribution in [-0.4, -0.2) is 47.6 Å². The number of hydrogen-bond acceptors (Lipinski definition) is 4. The summed E-state index contributed by atoms with van der Waals surface area (Å²) >= 11 is 0. The summed E-state index contributed by atoms with van der Waals surface area (Å²) in [5, 5.41) is 10.4. The van der Waals surface area contributed by atoms with Gasteiger partial charge in [0.05, 0.1) is 10.6 Å². The van der Waals surface area contributed by atoms with Gasteiger partial charge in [-0.2, -0.15) is 8.42 Å². The predicted molar refractivity (Wildman–Crippen MR) is 67.0 cm³/mol. The van der Waals surface area contributed by atoms with Gasteiger partial charge in [-0.1, -0.05) is 12.1 Å². The number of nitrogen functional groups attached to an aromatic ring is 1. The van der Waals surface area contributed by atoms with E-state index in [0.717, 1.165) is 0 Å². The SMILES string of the molecule is Nc1c(O)ccc2cc(S(=O)(=O)O)ccc12.[NaH]. The number of benzene rings is 2. The third-order valence-electron chi connectivity index (χ3n) is 2.31. The van der Waals surface area contributed by atoms with E-state index in [9.17, 15) is 13.5 Å². The van der Waals surface area contributed by atoms with Crippen LogP contribution in [0.5, 0.6) is 5.75 Å². The van der Waals surface area contributed by atoms with Gasteiger partial charge < -0.3 is 10.8 Å². The van der Waals surface area contributed by atoms with Crippen molar-refractivity contribution < 1.29 is 18.1 Å². The van der Waals surface area contributed by atoms with Crippen molar-refractivity contribution in [3.8, 4) is 5.75 Å². The molecular formula is C10H10NNaO4S. The van der Waals surface area contributed by atoms with Crippen LogP contribution in [0.3, 0.4) is 0 Å². The Kier molecular flexibility index (Phi) is 4.06. The van der Waals surface area contributed by atoms with Gasteiger partial charge in [0.15, 0.2) is 0 Å². The first kappa shape index (κ1) is 14.3. The number of anilines is 1. The van der Waals surface area contributed by atoms with Crippen molar-refractivity contribution in [1.29, 1.82) is 0 Å². The van der Waals surface area contributed by atoms with Crippen molar-refractivity contribution in [2.45, 2.75) is 4.90 Å². The monoisotopic (exact) mass is 263 g/mol. The second-order valence-corrected chi connectivity index (χ2v) is 4.78. The third kappa shape index (κ3) is 2.72. The van der Waals surface area contributed by atoms with Crippen molar-refractivity contribution >= 4 is 56.1 Å². The topological polar surface area (TPSA) is 101 Å². The molecule has 86 valence electrons. The molecule has 0 aliphatic carbocycles. The number of phenolic OH excluding ortho intramolecular Hbond substituents is 1. The van der Waals surface area contributed by atoms with Crippen molar-refractivity contribution in [2.75, 3.05) is 5.73 Å². The summed E-state index contributed by atoms with van der Waals surface area (Å²) in [5.41, 5.74) is 5.80. The van der Waals surface area contributed by atoms with Crippen LogP contribution in [0.15, 0.2) is 35.2 Å². The van der Waals surface area contributed by atoms with Gasteiger partial charge in [0.2, 0.25) is 0 Å². The Morgan fingerprint density at radius 1 is 1.12 bits per heavy atom. The molecule has 5 nitrogen and oxygen atoms in total. The molecule has 0 aliphatic rings. The van der Waals surface area contributed by atoms with Crippen molar-refractivity contribution in [1.82, 2.24) is 0 Å². The fourth-order valence-electron chi connectivity index (χ4n) is 1.48. The fraction of sp³-hybridized carbons (Fsp3) is 0. The zero-order valence-corrected chi connectivity index (χ0v) is 8.90. The van der Waals surface area contributed by atoms with Crippen LogP contribution in [0.4, 0.5) is 5.69 Å². The number of fused-ring (bicyclic) bond motifs is 1. The van der Waals surface area contributed by atoms with Gasteiger partial charge in [-0.25, -0.2) is 0 Å². The minimum absolute atomic E-state index is 0. The van der Waals surface area contributed by atoms with Crippen LogP contribution in [0, 0.1) is 0 Å². The molecule has 0 heterocycles. The van der Waals surface area contributed by atoms with E-state index in [-0.39, 0.29) is 45.9 Å². The van der Waals surface area contributed by atoms with E-state index in [1.165, 1.54) is 30.3 Å². The summed E-state index contributed by atoms with van der Waals surface area (Å²) in [4.78, 5) is -0.204. The Balaban J connectivity index is 0.00000144. The number of aromatic hydroxyl groups is 1. The molecule has 0 bridgehead atoms. The Bertz CT molecular complexity index is 669. The molecule has 4 N–H and O–H groups in total. The van der Waals surface area contributed by atoms with Crippen LogP contribution in [0.1, 0.15) is 0 Å². The van der Waals surface area contributed by atoms with Crippen molar-refractivity contribution in [3.05, 3.63) is 30.3 Å². The van der Waals surface area contributed by atoms with E-state index in [1.54, 1.807) is 0 Å². The second kappa shape index (κ2) is 4.83. The van der Waals surface area contributed by atoms with Gasteiger partial charge in [-0.15, -0.1) is 0 Å². The average molecular weight is 263 g/mol. The average Bonchev–Trinajstić information content (AvgIpc) is 2.22. The molecule has 0 amide bonds. The molecule has 0 radical (unpaired) electrons. The summed E-state index contributed by atoms with van der Waals surface area (Å²) in [6.07, 6.45) is 0. The molecule has 7 heteroatoms. The third-order valence-corrected chi connectivity index (χ3v) is 3.16. The van der Waals surface area contributed by atoms with Crippen LogP contribution < -0.4 is 5.73 Å². The fourth-order valence-corrected chi connectivity index (χ4v) is 2.00. The van der Waals surface area contributed by atoms with Gasteiger partial charge in [0, 0.05) is 5.39 Å². The maximum atomic E-state index is 10.9. The van der Waals surface area contributed by atoms with Gasteiger partial charge in [-0.3, -0.25) is 4.55 Å². The van der Waals surface area contributed by atoms with Gasteiger partial charge in [0.1, 0.15) is 5.75 Å². The Morgan fingerprint density at radius 2 is 1.76 bits per heavy atom. The molecule has 0 spiro atoms. The van der Waals surface area contributed by atoms with E-state index in [4.69, 9.17) is 10.3 Å². The van der Waals surface area contributed by atoms with E-state index in [2.05, 4.69) is 0 Å². The van der Waals surface area contributed by atoms with Crippen LogP contribution in [0.2, 0.25) is 0 Å². The molecule has 2 rings (SSSR count). The standard InChI is InChI=1S/C10H9NO4S.Na.H/c11-10-8-3-2-7(16(13,14)15)5-6(8)1-4-9(10)12;;/h1-5,12H,11H2,(H,13,14,15);;. The number of nitrogens with two attached hydrogens (primary N) is 1. The van der Waals surface area contributed by atoms with E-state index in [1.807, 2.05) is 0 Å². The van der Waals surface area contributed by atoms with Crippen molar-refractivity contribution in [2.24, 2.45) is 0 Å². The molecule has 0 saturated heterocycles. The number of hydrogen-bond donors (Lipinski definition) is 3. The molecule has 0 aromatic heterocycles. The molecular weight excluding hydrogens is 253 g/mol. The van der Waals surface area contributed by atoms with E-state index < -0.39 is 10.1 Å². The van der Waals surface area contributed by atoms with E-state index in [0.29, 0.717) is 10.8 Å². The minimum atomic E-state index is -4.22. The molecule has 0 fully saturated rings. The maximum absolute atomic E-state index is 10.9. The van der Waals surface area contributed by atoms with Gasteiger partial charge in [-0.05, 0) is 23.6 Å². The van der Waals surface area contributed by atoms with Crippen LogP contribution in [0.25, 0.3) is 10.8 Å². The van der Waals surface area contributed by atoms with Gasteiger partial charge >= 0.3 is 29.6 Å². The quantitative estimate of drug-likeness (QED) is 0.305. The van der Waals surface area contributed by atoms with Crippen LogP contribution in [-0.2, 0) is 10.1 Å². The summed E-state index contributed by atoms with van der Waals surface area (Å²) in [7, 11) is -4.22. The summed E-state index contributed by atoms with van der Waals surface area (Å²) in [6, 6.07) is 6.85. The summed E-state index contributed by atoms with van der Waals surface area (Å²) in [6.45, 7) is 0. The zero-order valence-electron chi connectivity index (χ0n) is 8.08. The Morgan fingerprint density at radius 3 is 2.35 bits per heavy atom. The Labute approximate surface area is 120 Å². The van der Waals surface area contributed by atoms with E-state index >= 15 is 0 Å². The summed E-state index contributed by atoms with van der Waals surface area (Å²) in [5.74, 6) is -0.0629. The van der Waals surface area contributed by atoms with Crippen LogP contribution >= 0.6 is 0 Å². The molecule has 2 aromatic rings. The number of rotatable bonds is 1.